The Kier molecular flexibility index (Phi) is 39.2. The van der Waals surface area contributed by atoms with Crippen LogP contribution in [0.25, 0.3) is 0 Å². The number of ether oxygens (including phenoxy) is 2. The van der Waals surface area contributed by atoms with Crippen LogP contribution in [0.4, 0.5) is 0 Å². The minimum absolute atomic E-state index is 0.0318. The minimum Gasteiger partial charge on any atom is -0.480 e. The third-order valence-corrected chi connectivity index (χ3v) is 9.61. The zero-order valence-electron chi connectivity index (χ0n) is 35.4. The normalized spacial score (nSPS) is 14.7. The van der Waals surface area contributed by atoms with Crippen molar-refractivity contribution < 1.29 is 42.7 Å². The first-order valence-corrected chi connectivity index (χ1v) is 23.1. The van der Waals surface area contributed by atoms with E-state index in [0.29, 0.717) is 13.0 Å². The van der Waals surface area contributed by atoms with Crippen LogP contribution in [0.5, 0.6) is 0 Å². The fourth-order valence-corrected chi connectivity index (χ4v) is 6.10. The highest BCUT2D eigenvalue weighted by Crippen LogP contribution is 2.43. The summed E-state index contributed by atoms with van der Waals surface area (Å²) in [4.78, 5) is 33.5. The predicted molar refractivity (Wildman–Crippen MR) is 235 cm³/mol. The van der Waals surface area contributed by atoms with Crippen molar-refractivity contribution in [1.29, 1.82) is 0 Å². The predicted octanol–water partition coefficient (Wildman–Crippen LogP) is 12.0. The van der Waals surface area contributed by atoms with Crippen molar-refractivity contribution in [3.63, 3.8) is 0 Å². The Hall–Kier alpha value is -2.85. The molecule has 10 nitrogen and oxygen atoms in total. The monoisotopic (exact) mass is 820 g/mol. The lowest BCUT2D eigenvalue weighted by Gasteiger charge is -2.20. The van der Waals surface area contributed by atoms with Crippen molar-refractivity contribution in [1.82, 2.24) is 0 Å². The average molecular weight is 820 g/mol. The van der Waals surface area contributed by atoms with Gasteiger partial charge in [-0.25, -0.2) is 4.57 Å². The Morgan fingerprint density at radius 3 is 1.53 bits per heavy atom. The summed E-state index contributed by atoms with van der Waals surface area (Å²) in [5, 5.41) is 8.89. The summed E-state index contributed by atoms with van der Waals surface area (Å²) in [7, 11) is -4.64. The van der Waals surface area contributed by atoms with Gasteiger partial charge >= 0.3 is 19.8 Å². The molecule has 0 saturated heterocycles. The first-order chi connectivity index (χ1) is 27.7. The van der Waals surface area contributed by atoms with Crippen LogP contribution in [0.2, 0.25) is 0 Å². The fourth-order valence-electron chi connectivity index (χ4n) is 5.32. The summed E-state index contributed by atoms with van der Waals surface area (Å²) in [5.74, 6) is -1.82. The second-order valence-electron chi connectivity index (χ2n) is 14.1. The van der Waals surface area contributed by atoms with Crippen LogP contribution in [0.3, 0.4) is 0 Å². The molecule has 0 aromatic carbocycles. The van der Waals surface area contributed by atoms with Crippen molar-refractivity contribution in [2.75, 3.05) is 26.4 Å². The molecule has 0 aliphatic heterocycles. The molecule has 11 heteroatoms. The maximum absolute atomic E-state index is 12.6. The van der Waals surface area contributed by atoms with E-state index in [2.05, 4.69) is 98.9 Å². The van der Waals surface area contributed by atoms with Crippen molar-refractivity contribution in [2.24, 2.45) is 5.73 Å². The molecule has 0 fully saturated rings. The second kappa shape index (κ2) is 41.3. The van der Waals surface area contributed by atoms with E-state index >= 15 is 0 Å². The van der Waals surface area contributed by atoms with Gasteiger partial charge < -0.3 is 25.2 Å². The number of carbonyl (C=O) groups is 2. The summed E-state index contributed by atoms with van der Waals surface area (Å²) in [6, 6.07) is -1.49. The second-order valence-corrected chi connectivity index (χ2v) is 15.5. The maximum atomic E-state index is 12.6. The standard InChI is InChI=1S/C46H78NO9P/c1-3-5-7-9-11-13-15-17-19-20-21-22-23-24-25-26-28-30-32-34-36-38-45(48)56-43(41-54-57(51,52)55-42-44(47)46(49)50)40-53-39-37-35-33-31-29-27-18-16-14-12-10-8-6-4-2/h6,8,12,14-15,17-18,20-21,23-24,27,31,33,43-44H,3-5,7,9-11,13,16,19,22,25-26,28-30,32,34-42,47H2,1-2H3,(H,49,50)(H,51,52)/b8-6-,14-12-,17-15-,21-20-,24-23-,27-18-,33-31-. The molecule has 0 spiro atoms. The number of allylic oxidation sites excluding steroid dienone is 14. The molecule has 0 saturated carbocycles. The van der Waals surface area contributed by atoms with E-state index in [1.807, 2.05) is 0 Å². The van der Waals surface area contributed by atoms with Gasteiger partial charge in [-0.05, 0) is 83.5 Å². The highest BCUT2D eigenvalue weighted by atomic mass is 31.2. The average Bonchev–Trinajstić information content (AvgIpc) is 3.19. The molecule has 0 aliphatic rings. The highest BCUT2D eigenvalue weighted by Gasteiger charge is 2.27. The summed E-state index contributed by atoms with van der Waals surface area (Å²) in [6.07, 6.45) is 52.2. The molecular weight excluding hydrogens is 741 g/mol. The van der Waals surface area contributed by atoms with Gasteiger partial charge in [-0.1, -0.05) is 150 Å². The molecule has 0 aliphatic carbocycles. The minimum atomic E-state index is -4.64. The van der Waals surface area contributed by atoms with Gasteiger partial charge in [0.25, 0.3) is 0 Å². The molecule has 0 aromatic heterocycles. The van der Waals surface area contributed by atoms with E-state index < -0.39 is 45.1 Å². The first-order valence-electron chi connectivity index (χ1n) is 21.6. The SMILES string of the molecule is CC/C=C\C/C=C\C/C=C\C/C=C\CCCOCC(COP(=O)(O)OCC(N)C(=O)O)OC(=O)CCCCCCCC/C=C\C/C=C\C/C=C\CCCCCCC. The summed E-state index contributed by atoms with van der Waals surface area (Å²) in [6.45, 7) is 3.57. The number of carbonyl (C=O) groups excluding carboxylic acids is 1. The molecule has 0 radical (unpaired) electrons. The van der Waals surface area contributed by atoms with Gasteiger partial charge in [0.15, 0.2) is 0 Å². The third-order valence-electron chi connectivity index (χ3n) is 8.66. The van der Waals surface area contributed by atoms with E-state index in [0.717, 1.165) is 89.9 Å². The zero-order valence-corrected chi connectivity index (χ0v) is 36.3. The van der Waals surface area contributed by atoms with Crippen LogP contribution in [0.1, 0.15) is 155 Å². The Balaban J connectivity index is 4.34. The van der Waals surface area contributed by atoms with Crippen molar-refractivity contribution in [2.45, 2.75) is 167 Å². The molecule has 0 heterocycles. The Labute approximate surface area is 346 Å². The Morgan fingerprint density at radius 2 is 1.02 bits per heavy atom. The van der Waals surface area contributed by atoms with Gasteiger partial charge in [-0.15, -0.1) is 0 Å². The Morgan fingerprint density at radius 1 is 0.579 bits per heavy atom. The van der Waals surface area contributed by atoms with Gasteiger partial charge in [0.1, 0.15) is 12.1 Å². The largest absolute Gasteiger partial charge is 0.480 e. The molecule has 4 N–H and O–H groups in total. The molecule has 0 rings (SSSR count). The molecule has 3 atom stereocenters. The number of aliphatic carboxylic acids is 1. The number of carboxylic acid groups (broad SMARTS) is 1. The lowest BCUT2D eigenvalue weighted by Crippen LogP contribution is -2.34. The van der Waals surface area contributed by atoms with Crippen molar-refractivity contribution >= 4 is 19.8 Å². The van der Waals surface area contributed by atoms with Gasteiger partial charge in [0.2, 0.25) is 0 Å². The first kappa shape index (κ1) is 54.2. The van der Waals surface area contributed by atoms with E-state index in [9.17, 15) is 19.0 Å². The molecule has 3 unspecified atom stereocenters. The van der Waals surface area contributed by atoms with Crippen LogP contribution in [0.15, 0.2) is 85.1 Å². The quantitative estimate of drug-likeness (QED) is 0.0235. The third kappa shape index (κ3) is 41.1. The number of carboxylic acids is 1. The van der Waals surface area contributed by atoms with E-state index in [-0.39, 0.29) is 13.0 Å². The number of rotatable bonds is 40. The van der Waals surface area contributed by atoms with Gasteiger partial charge in [0.05, 0.1) is 19.8 Å². The number of unbranched alkanes of at least 4 members (excludes halogenated alkanes) is 12. The van der Waals surface area contributed by atoms with E-state index in [1.165, 1.54) is 38.5 Å². The van der Waals surface area contributed by atoms with Gasteiger partial charge in [-0.2, -0.15) is 0 Å². The Bertz CT molecular complexity index is 1220. The van der Waals surface area contributed by atoms with E-state index in [1.54, 1.807) is 0 Å². The number of phosphoric ester groups is 1. The summed E-state index contributed by atoms with van der Waals surface area (Å²) < 4.78 is 33.2. The number of esters is 1. The number of hydrogen-bond acceptors (Lipinski definition) is 8. The van der Waals surface area contributed by atoms with E-state index in [4.69, 9.17) is 29.4 Å². The molecule has 0 aromatic rings. The smallest absolute Gasteiger partial charge is 0.472 e. The van der Waals surface area contributed by atoms with Crippen LogP contribution < -0.4 is 5.73 Å². The lowest BCUT2D eigenvalue weighted by atomic mass is 10.1. The molecule has 0 amide bonds. The number of phosphoric acid groups is 1. The van der Waals surface area contributed by atoms with Crippen LogP contribution in [-0.2, 0) is 32.7 Å². The lowest BCUT2D eigenvalue weighted by molar-refractivity contribution is -0.154. The summed E-state index contributed by atoms with van der Waals surface area (Å²) >= 11 is 0. The maximum Gasteiger partial charge on any atom is 0.472 e. The molecule has 326 valence electrons. The number of nitrogens with two attached hydrogens (primary N) is 1. The molecule has 0 bridgehead atoms. The molecule has 57 heavy (non-hydrogen) atoms. The number of hydrogen-bond donors (Lipinski definition) is 3. The fraction of sp³-hybridized carbons (Fsp3) is 0.652. The molecular formula is C46H78NO9P. The van der Waals surface area contributed by atoms with Crippen molar-refractivity contribution in [3.05, 3.63) is 85.1 Å². The van der Waals surface area contributed by atoms with Gasteiger partial charge in [0, 0.05) is 13.0 Å². The van der Waals surface area contributed by atoms with Crippen molar-refractivity contribution in [3.8, 4) is 0 Å². The van der Waals surface area contributed by atoms with Crippen LogP contribution in [0, 0.1) is 0 Å². The summed E-state index contributed by atoms with van der Waals surface area (Å²) in [5.41, 5.74) is 5.35. The highest BCUT2D eigenvalue weighted by molar-refractivity contribution is 7.47. The van der Waals surface area contributed by atoms with Gasteiger partial charge in [-0.3, -0.25) is 18.6 Å². The zero-order chi connectivity index (χ0) is 41.9. The van der Waals surface area contributed by atoms with Crippen LogP contribution in [-0.4, -0.2) is 60.5 Å². The topological polar surface area (TPSA) is 155 Å². The van der Waals surface area contributed by atoms with Crippen LogP contribution >= 0.6 is 7.82 Å².